The lowest BCUT2D eigenvalue weighted by Gasteiger charge is -2.13. The van der Waals surface area contributed by atoms with Gasteiger partial charge in [-0.1, -0.05) is 43.5 Å². The van der Waals surface area contributed by atoms with Crippen LogP contribution in [-0.2, 0) is 4.74 Å². The summed E-state index contributed by atoms with van der Waals surface area (Å²) < 4.78 is 5.33. The van der Waals surface area contributed by atoms with Crippen molar-refractivity contribution in [1.29, 1.82) is 0 Å². The minimum atomic E-state index is 0.433. The predicted octanol–water partition coefficient (Wildman–Crippen LogP) is 5.08. The average Bonchev–Trinajstić information content (AvgIpc) is 2.77. The molecular formula is C22H27NO. The van der Waals surface area contributed by atoms with E-state index in [9.17, 15) is 0 Å². The van der Waals surface area contributed by atoms with Gasteiger partial charge in [0.25, 0.3) is 0 Å². The van der Waals surface area contributed by atoms with E-state index in [2.05, 4.69) is 18.9 Å². The first-order valence-corrected chi connectivity index (χ1v) is 8.03. The molecule has 0 aromatic carbocycles. The number of ether oxygens (including phenoxy) is 1. The quantitative estimate of drug-likeness (QED) is 0.384. The lowest BCUT2D eigenvalue weighted by atomic mass is 9.92. The summed E-state index contributed by atoms with van der Waals surface area (Å²) in [4.78, 5) is 0. The van der Waals surface area contributed by atoms with Gasteiger partial charge in [-0.2, -0.15) is 0 Å². The first-order chi connectivity index (χ1) is 11.6. The van der Waals surface area contributed by atoms with Crippen LogP contribution in [0.4, 0.5) is 0 Å². The highest BCUT2D eigenvalue weighted by Crippen LogP contribution is 2.28. The number of hydrogen-bond acceptors (Lipinski definition) is 2. The van der Waals surface area contributed by atoms with Crippen LogP contribution in [0.1, 0.15) is 20.3 Å². The van der Waals surface area contributed by atoms with Crippen LogP contribution in [0.2, 0.25) is 0 Å². The van der Waals surface area contributed by atoms with Gasteiger partial charge in [-0.3, -0.25) is 0 Å². The van der Waals surface area contributed by atoms with Crippen LogP contribution in [0.5, 0.6) is 0 Å². The Morgan fingerprint density at radius 3 is 2.58 bits per heavy atom. The van der Waals surface area contributed by atoms with Crippen molar-refractivity contribution in [1.82, 2.24) is 0 Å². The van der Waals surface area contributed by atoms with Crippen molar-refractivity contribution in [3.8, 4) is 0 Å². The van der Waals surface area contributed by atoms with Crippen molar-refractivity contribution in [2.75, 3.05) is 13.7 Å². The summed E-state index contributed by atoms with van der Waals surface area (Å²) >= 11 is 0. The predicted molar refractivity (Wildman–Crippen MR) is 104 cm³/mol. The molecule has 126 valence electrons. The number of allylic oxidation sites excluding steroid dienone is 10. The summed E-state index contributed by atoms with van der Waals surface area (Å²) in [6.07, 6.45) is 16.4. The van der Waals surface area contributed by atoms with E-state index in [0.29, 0.717) is 13.0 Å². The Bertz CT molecular complexity index is 702. The maximum absolute atomic E-state index is 5.96. The van der Waals surface area contributed by atoms with E-state index in [1.807, 2.05) is 56.4 Å². The lowest BCUT2D eigenvalue weighted by Crippen LogP contribution is -2.06. The first kappa shape index (κ1) is 19.5. The lowest BCUT2D eigenvalue weighted by molar-refractivity contribution is 0.305. The van der Waals surface area contributed by atoms with Crippen molar-refractivity contribution >= 4 is 0 Å². The molecule has 0 aromatic rings. The highest BCUT2D eigenvalue weighted by Gasteiger charge is 2.13. The SMILES string of the molecule is C=CC1=C=C(/C=C\C)C=CC(CN)=C1C(=C)CC=C(/C=C\C)OC. The van der Waals surface area contributed by atoms with Crippen LogP contribution >= 0.6 is 0 Å². The van der Waals surface area contributed by atoms with Gasteiger partial charge >= 0.3 is 0 Å². The molecule has 0 saturated heterocycles. The monoisotopic (exact) mass is 321 g/mol. The molecular weight excluding hydrogens is 294 g/mol. The Morgan fingerprint density at radius 1 is 1.29 bits per heavy atom. The van der Waals surface area contributed by atoms with E-state index in [0.717, 1.165) is 33.6 Å². The second-order valence-electron chi connectivity index (χ2n) is 5.25. The Balaban J connectivity index is 3.31. The topological polar surface area (TPSA) is 35.2 Å². The fourth-order valence-corrected chi connectivity index (χ4v) is 2.43. The molecule has 2 N–H and O–H groups in total. The molecule has 0 aliphatic heterocycles. The minimum absolute atomic E-state index is 0.433. The summed E-state index contributed by atoms with van der Waals surface area (Å²) in [6.45, 7) is 12.6. The molecule has 0 aromatic heterocycles. The van der Waals surface area contributed by atoms with E-state index in [1.54, 1.807) is 13.2 Å². The van der Waals surface area contributed by atoms with Crippen LogP contribution in [-0.4, -0.2) is 13.7 Å². The van der Waals surface area contributed by atoms with Gasteiger partial charge in [0.2, 0.25) is 0 Å². The van der Waals surface area contributed by atoms with Gasteiger partial charge in [0.05, 0.1) is 7.11 Å². The molecule has 0 amide bonds. The summed E-state index contributed by atoms with van der Waals surface area (Å²) in [5, 5.41) is 0. The molecule has 0 unspecified atom stereocenters. The van der Waals surface area contributed by atoms with Crippen LogP contribution in [0.15, 0.2) is 101 Å². The zero-order chi connectivity index (χ0) is 17.9. The molecule has 0 spiro atoms. The molecule has 1 rings (SSSR count). The average molecular weight is 321 g/mol. The number of rotatable bonds is 8. The second-order valence-corrected chi connectivity index (χ2v) is 5.25. The normalized spacial score (nSPS) is 15.6. The third kappa shape index (κ3) is 5.27. The highest BCUT2D eigenvalue weighted by molar-refractivity contribution is 5.59. The number of hydrogen-bond donors (Lipinski definition) is 1. The summed E-state index contributed by atoms with van der Waals surface area (Å²) in [5.41, 5.74) is 14.3. The standard InChI is InChI=1S/C22H27NO/c1-6-9-18-12-13-20(16-23)22(19(8-3)15-18)17(4)11-14-21(24-5)10-7-2/h6-10,12-14H,3-4,11,16,23H2,1-2,5H3/b9-6-,10-7-,21-14?. The Hall–Kier alpha value is -2.54. The van der Waals surface area contributed by atoms with E-state index in [-0.39, 0.29) is 0 Å². The van der Waals surface area contributed by atoms with E-state index >= 15 is 0 Å². The smallest absolute Gasteiger partial charge is 0.114 e. The van der Waals surface area contributed by atoms with Crippen molar-refractivity contribution in [2.45, 2.75) is 20.3 Å². The van der Waals surface area contributed by atoms with Crippen LogP contribution in [0.3, 0.4) is 0 Å². The largest absolute Gasteiger partial charge is 0.497 e. The van der Waals surface area contributed by atoms with Gasteiger partial charge in [-0.25, -0.2) is 0 Å². The summed E-state index contributed by atoms with van der Waals surface area (Å²) in [5.74, 6) is 0.812. The number of nitrogens with two attached hydrogens (primary N) is 1. The van der Waals surface area contributed by atoms with E-state index in [4.69, 9.17) is 10.5 Å². The number of methoxy groups -OCH3 is 1. The van der Waals surface area contributed by atoms with Crippen molar-refractivity contribution in [2.24, 2.45) is 5.73 Å². The summed E-state index contributed by atoms with van der Waals surface area (Å²) in [7, 11) is 1.66. The van der Waals surface area contributed by atoms with Gasteiger partial charge in [0.1, 0.15) is 5.76 Å². The van der Waals surface area contributed by atoms with Crippen LogP contribution in [0.25, 0.3) is 0 Å². The summed E-state index contributed by atoms with van der Waals surface area (Å²) in [6, 6.07) is 0. The first-order valence-electron chi connectivity index (χ1n) is 8.03. The molecule has 0 radical (unpaired) electrons. The van der Waals surface area contributed by atoms with Crippen LogP contribution < -0.4 is 5.73 Å². The highest BCUT2D eigenvalue weighted by atomic mass is 16.5. The maximum Gasteiger partial charge on any atom is 0.114 e. The molecule has 0 bridgehead atoms. The third-order valence-electron chi connectivity index (χ3n) is 3.57. The maximum atomic E-state index is 5.96. The molecule has 2 heteroatoms. The zero-order valence-corrected chi connectivity index (χ0v) is 14.9. The van der Waals surface area contributed by atoms with Crippen LogP contribution in [0, 0.1) is 0 Å². The van der Waals surface area contributed by atoms with Crippen molar-refractivity contribution in [3.05, 3.63) is 101 Å². The molecule has 0 heterocycles. The second kappa shape index (κ2) is 10.3. The molecule has 0 saturated carbocycles. The Kier molecular flexibility index (Phi) is 8.35. The van der Waals surface area contributed by atoms with E-state index < -0.39 is 0 Å². The fourth-order valence-electron chi connectivity index (χ4n) is 2.43. The molecule has 1 aliphatic rings. The van der Waals surface area contributed by atoms with Gasteiger partial charge in [0, 0.05) is 17.7 Å². The molecule has 24 heavy (non-hydrogen) atoms. The molecule has 1 aliphatic carbocycles. The van der Waals surface area contributed by atoms with Gasteiger partial charge < -0.3 is 10.5 Å². The zero-order valence-electron chi connectivity index (χ0n) is 14.9. The minimum Gasteiger partial charge on any atom is -0.497 e. The Labute approximate surface area is 146 Å². The molecule has 2 nitrogen and oxygen atoms in total. The molecule has 0 fully saturated rings. The van der Waals surface area contributed by atoms with E-state index in [1.165, 1.54) is 0 Å². The van der Waals surface area contributed by atoms with Crippen molar-refractivity contribution < 1.29 is 4.74 Å². The van der Waals surface area contributed by atoms with Gasteiger partial charge in [-0.15, -0.1) is 5.73 Å². The fraction of sp³-hybridized carbons (Fsp3) is 0.227. The third-order valence-corrected chi connectivity index (χ3v) is 3.57. The molecule has 0 atom stereocenters. The van der Waals surface area contributed by atoms with Gasteiger partial charge in [0.15, 0.2) is 0 Å². The van der Waals surface area contributed by atoms with Gasteiger partial charge in [-0.05, 0) is 55.2 Å². The van der Waals surface area contributed by atoms with Crippen molar-refractivity contribution in [3.63, 3.8) is 0 Å². The Morgan fingerprint density at radius 2 is 2.04 bits per heavy atom.